The van der Waals surface area contributed by atoms with Crippen LogP contribution < -0.4 is 9.46 Å². The van der Waals surface area contributed by atoms with Crippen molar-refractivity contribution in [3.63, 3.8) is 0 Å². The predicted octanol–water partition coefficient (Wildman–Crippen LogP) is 3.24. The molecule has 8 heteroatoms. The lowest BCUT2D eigenvalue weighted by molar-refractivity contribution is 0.273. The predicted molar refractivity (Wildman–Crippen MR) is 96.6 cm³/mol. The van der Waals surface area contributed by atoms with Gasteiger partial charge in [-0.25, -0.2) is 13.1 Å². The molecule has 0 saturated carbocycles. The van der Waals surface area contributed by atoms with Crippen LogP contribution in [0.2, 0.25) is 5.02 Å². The fourth-order valence-electron chi connectivity index (χ4n) is 2.41. The zero-order valence-electron chi connectivity index (χ0n) is 13.2. The van der Waals surface area contributed by atoms with Gasteiger partial charge in [0.05, 0.1) is 7.11 Å². The zero-order chi connectivity index (χ0) is 17.6. The normalized spacial score (nSPS) is 13.0. The highest BCUT2D eigenvalue weighted by Gasteiger charge is 2.21. The lowest BCUT2D eigenvalue weighted by atomic mass is 10.0. The molecule has 0 radical (unpaired) electrons. The number of aliphatic hydroxyl groups excluding tert-OH is 1. The van der Waals surface area contributed by atoms with E-state index in [1.807, 2.05) is 17.5 Å². The van der Waals surface area contributed by atoms with Gasteiger partial charge in [-0.1, -0.05) is 17.7 Å². The third kappa shape index (κ3) is 4.94. The van der Waals surface area contributed by atoms with E-state index in [2.05, 4.69) is 4.72 Å². The zero-order valence-corrected chi connectivity index (χ0v) is 15.6. The number of aliphatic hydroxyl groups is 1. The molecule has 0 bridgehead atoms. The second kappa shape index (κ2) is 8.82. The summed E-state index contributed by atoms with van der Waals surface area (Å²) in [7, 11) is -2.31. The largest absolute Gasteiger partial charge is 0.495 e. The molecule has 2 rings (SSSR count). The third-order valence-electron chi connectivity index (χ3n) is 3.62. The van der Waals surface area contributed by atoms with E-state index in [-0.39, 0.29) is 29.7 Å². The smallest absolute Gasteiger partial charge is 0.244 e. The van der Waals surface area contributed by atoms with E-state index < -0.39 is 10.0 Å². The van der Waals surface area contributed by atoms with Crippen molar-refractivity contribution < 1.29 is 18.3 Å². The van der Waals surface area contributed by atoms with Crippen LogP contribution >= 0.6 is 22.9 Å². The summed E-state index contributed by atoms with van der Waals surface area (Å²) in [6, 6.07) is 8.42. The van der Waals surface area contributed by atoms with Crippen LogP contribution in [-0.4, -0.2) is 33.8 Å². The molecule has 132 valence electrons. The van der Waals surface area contributed by atoms with Gasteiger partial charge in [-0.15, -0.1) is 11.3 Å². The number of halogens is 1. The minimum atomic E-state index is -3.72. The van der Waals surface area contributed by atoms with E-state index in [1.165, 1.54) is 19.2 Å². The van der Waals surface area contributed by atoms with Gasteiger partial charge in [-0.05, 0) is 48.4 Å². The first-order valence-corrected chi connectivity index (χ1v) is 10.2. The Morgan fingerprint density at radius 3 is 2.75 bits per heavy atom. The highest BCUT2D eigenvalue weighted by atomic mass is 35.5. The SMILES string of the molecule is COc1ccc(Cl)cc1S(=O)(=O)NCC[C@@H](CCO)c1cccs1. The second-order valence-corrected chi connectivity index (χ2v) is 8.36. The van der Waals surface area contributed by atoms with E-state index in [9.17, 15) is 13.5 Å². The van der Waals surface area contributed by atoms with Crippen molar-refractivity contribution in [3.05, 3.63) is 45.6 Å². The Balaban J connectivity index is 2.06. The molecular weight excluding hydrogens is 370 g/mol. The molecule has 0 aliphatic carbocycles. The maximum Gasteiger partial charge on any atom is 0.244 e. The molecular formula is C16H20ClNO4S2. The summed E-state index contributed by atoms with van der Waals surface area (Å²) in [6.45, 7) is 0.331. The van der Waals surface area contributed by atoms with E-state index in [4.69, 9.17) is 16.3 Å². The standard InChI is InChI=1S/C16H20ClNO4S2/c1-22-14-5-4-13(17)11-16(14)24(20,21)18-8-6-12(7-9-19)15-3-2-10-23-15/h2-5,10-12,18-19H,6-9H2,1H3/t12-/m0/s1. The quantitative estimate of drug-likeness (QED) is 0.690. The van der Waals surface area contributed by atoms with Crippen molar-refractivity contribution in [2.24, 2.45) is 0 Å². The number of sulfonamides is 1. The topological polar surface area (TPSA) is 75.6 Å². The van der Waals surface area contributed by atoms with Gasteiger partial charge in [0.25, 0.3) is 0 Å². The molecule has 1 aromatic heterocycles. The first-order valence-electron chi connectivity index (χ1n) is 7.45. The molecule has 2 aromatic rings. The van der Waals surface area contributed by atoms with Crippen LogP contribution in [0.5, 0.6) is 5.75 Å². The molecule has 0 aliphatic rings. The summed E-state index contributed by atoms with van der Waals surface area (Å²) in [6.07, 6.45) is 1.20. The number of hydrogen-bond acceptors (Lipinski definition) is 5. The number of nitrogens with one attached hydrogen (secondary N) is 1. The Labute approximate surface area is 151 Å². The van der Waals surface area contributed by atoms with Gasteiger partial charge < -0.3 is 9.84 Å². The summed E-state index contributed by atoms with van der Waals surface area (Å²) in [5.41, 5.74) is 0. The Morgan fingerprint density at radius 2 is 2.12 bits per heavy atom. The van der Waals surface area contributed by atoms with Crippen molar-refractivity contribution in [1.29, 1.82) is 0 Å². The molecule has 1 atom stereocenters. The summed E-state index contributed by atoms with van der Waals surface area (Å²) in [4.78, 5) is 1.16. The number of hydrogen-bond donors (Lipinski definition) is 2. The first kappa shape index (κ1) is 19.2. The average Bonchev–Trinajstić information content (AvgIpc) is 3.08. The number of methoxy groups -OCH3 is 1. The van der Waals surface area contributed by atoms with Crippen molar-refractivity contribution in [3.8, 4) is 5.75 Å². The molecule has 1 aromatic carbocycles. The van der Waals surface area contributed by atoms with Crippen LogP contribution in [0.25, 0.3) is 0 Å². The molecule has 0 spiro atoms. The summed E-state index contributed by atoms with van der Waals surface area (Å²) >= 11 is 7.51. The first-order chi connectivity index (χ1) is 11.5. The van der Waals surface area contributed by atoms with Crippen LogP contribution in [-0.2, 0) is 10.0 Å². The average molecular weight is 390 g/mol. The molecule has 24 heavy (non-hydrogen) atoms. The molecule has 5 nitrogen and oxygen atoms in total. The van der Waals surface area contributed by atoms with Crippen LogP contribution in [0.1, 0.15) is 23.6 Å². The molecule has 0 unspecified atom stereocenters. The van der Waals surface area contributed by atoms with Gasteiger partial charge in [-0.2, -0.15) is 0 Å². The summed E-state index contributed by atoms with van der Waals surface area (Å²) in [5.74, 6) is 0.371. The van der Waals surface area contributed by atoms with Crippen LogP contribution in [0.15, 0.2) is 40.6 Å². The van der Waals surface area contributed by atoms with Gasteiger partial charge in [-0.3, -0.25) is 0 Å². The summed E-state index contributed by atoms with van der Waals surface area (Å²) < 4.78 is 32.7. The second-order valence-electron chi connectivity index (χ2n) is 5.21. The number of ether oxygens (including phenoxy) is 1. The molecule has 0 amide bonds. The fraction of sp³-hybridized carbons (Fsp3) is 0.375. The van der Waals surface area contributed by atoms with E-state index >= 15 is 0 Å². The van der Waals surface area contributed by atoms with Crippen molar-refractivity contribution in [2.75, 3.05) is 20.3 Å². The van der Waals surface area contributed by atoms with E-state index in [1.54, 1.807) is 17.4 Å². The third-order valence-corrected chi connectivity index (χ3v) is 6.38. The monoisotopic (exact) mass is 389 g/mol. The van der Waals surface area contributed by atoms with Gasteiger partial charge in [0.1, 0.15) is 10.6 Å². The Bertz CT molecular complexity index is 747. The number of benzene rings is 1. The van der Waals surface area contributed by atoms with Gasteiger partial charge >= 0.3 is 0 Å². The molecule has 2 N–H and O–H groups in total. The van der Waals surface area contributed by atoms with Gasteiger partial charge in [0, 0.05) is 23.1 Å². The highest BCUT2D eigenvalue weighted by molar-refractivity contribution is 7.89. The maximum atomic E-state index is 12.5. The Hall–Kier alpha value is -1.12. The fourth-order valence-corrected chi connectivity index (χ4v) is 4.79. The Kier molecular flexibility index (Phi) is 7.06. The molecule has 1 heterocycles. The highest BCUT2D eigenvalue weighted by Crippen LogP contribution is 2.29. The van der Waals surface area contributed by atoms with E-state index in [0.29, 0.717) is 17.9 Å². The number of thiophene rings is 1. The lowest BCUT2D eigenvalue weighted by Gasteiger charge is -2.15. The van der Waals surface area contributed by atoms with Crippen LogP contribution in [0.3, 0.4) is 0 Å². The number of rotatable bonds is 9. The van der Waals surface area contributed by atoms with Gasteiger partial charge in [0.2, 0.25) is 10.0 Å². The Morgan fingerprint density at radius 1 is 1.33 bits per heavy atom. The molecule has 0 saturated heterocycles. The van der Waals surface area contributed by atoms with Crippen molar-refractivity contribution in [1.82, 2.24) is 4.72 Å². The lowest BCUT2D eigenvalue weighted by Crippen LogP contribution is -2.26. The molecule has 0 aliphatic heterocycles. The van der Waals surface area contributed by atoms with Crippen molar-refractivity contribution >= 4 is 33.0 Å². The van der Waals surface area contributed by atoms with Crippen LogP contribution in [0, 0.1) is 0 Å². The van der Waals surface area contributed by atoms with Crippen LogP contribution in [0.4, 0.5) is 0 Å². The van der Waals surface area contributed by atoms with Crippen molar-refractivity contribution in [2.45, 2.75) is 23.7 Å². The molecule has 0 fully saturated rings. The van der Waals surface area contributed by atoms with Gasteiger partial charge in [0.15, 0.2) is 0 Å². The summed E-state index contributed by atoms with van der Waals surface area (Å²) in [5, 5.41) is 11.5. The van der Waals surface area contributed by atoms with E-state index in [0.717, 1.165) is 4.88 Å². The maximum absolute atomic E-state index is 12.5. The minimum absolute atomic E-state index is 0.0207. The minimum Gasteiger partial charge on any atom is -0.495 e.